The average molecular weight is 194 g/mol. The maximum absolute atomic E-state index is 5.17. The Morgan fingerprint density at radius 2 is 2.07 bits per heavy atom. The summed E-state index contributed by atoms with van der Waals surface area (Å²) in [6.07, 6.45) is 0. The molecule has 0 saturated heterocycles. The van der Waals surface area contributed by atoms with Crippen LogP contribution in [0.2, 0.25) is 0 Å². The molecule has 0 spiro atoms. The van der Waals surface area contributed by atoms with Crippen LogP contribution in [0.15, 0.2) is 18.2 Å². The van der Waals surface area contributed by atoms with Crippen LogP contribution in [-0.4, -0.2) is 26.2 Å². The molecule has 0 atom stereocenters. The summed E-state index contributed by atoms with van der Waals surface area (Å²) in [7, 11) is 5.66. The van der Waals surface area contributed by atoms with Crippen molar-refractivity contribution in [1.29, 1.82) is 0 Å². The number of ether oxygens (including phenoxy) is 1. The third-order valence-corrected chi connectivity index (χ3v) is 2.04. The predicted molar refractivity (Wildman–Crippen MR) is 59.2 cm³/mol. The van der Waals surface area contributed by atoms with Gasteiger partial charge in [-0.25, -0.2) is 5.01 Å². The van der Waals surface area contributed by atoms with E-state index in [0.717, 1.165) is 5.69 Å². The van der Waals surface area contributed by atoms with Crippen molar-refractivity contribution in [3.63, 3.8) is 0 Å². The van der Waals surface area contributed by atoms with E-state index in [4.69, 9.17) is 4.74 Å². The summed E-state index contributed by atoms with van der Waals surface area (Å²) in [4.78, 5) is 0. The second-order valence-corrected chi connectivity index (χ2v) is 3.54. The van der Waals surface area contributed by atoms with Gasteiger partial charge in [0.25, 0.3) is 0 Å². The number of rotatable bonds is 4. The smallest absolute Gasteiger partial charge is 0.0736 e. The van der Waals surface area contributed by atoms with Crippen molar-refractivity contribution >= 4 is 5.69 Å². The Hall–Kier alpha value is -1.06. The lowest BCUT2D eigenvalue weighted by molar-refractivity contribution is 0.184. The first-order chi connectivity index (χ1) is 6.65. The summed E-state index contributed by atoms with van der Waals surface area (Å²) in [5, 5.41) is 1.92. The molecule has 3 nitrogen and oxygen atoms in total. The van der Waals surface area contributed by atoms with Crippen LogP contribution in [0.3, 0.4) is 0 Å². The minimum atomic E-state index is 0.642. The SMILES string of the molecule is COCc1c(C)cccc1NN(C)C. The van der Waals surface area contributed by atoms with Crippen molar-refractivity contribution in [3.05, 3.63) is 29.3 Å². The van der Waals surface area contributed by atoms with Crippen LogP contribution >= 0.6 is 0 Å². The van der Waals surface area contributed by atoms with Gasteiger partial charge in [-0.3, -0.25) is 0 Å². The highest BCUT2D eigenvalue weighted by atomic mass is 16.5. The molecule has 1 N–H and O–H groups in total. The number of methoxy groups -OCH3 is 1. The number of hydrazine groups is 1. The molecule has 1 aromatic carbocycles. The molecule has 0 bridgehead atoms. The van der Waals surface area contributed by atoms with Gasteiger partial charge in [0.15, 0.2) is 0 Å². The third-order valence-electron chi connectivity index (χ3n) is 2.04. The van der Waals surface area contributed by atoms with Crippen LogP contribution in [0.1, 0.15) is 11.1 Å². The van der Waals surface area contributed by atoms with Gasteiger partial charge in [-0.1, -0.05) is 12.1 Å². The summed E-state index contributed by atoms with van der Waals surface area (Å²) < 4.78 is 5.17. The van der Waals surface area contributed by atoms with Gasteiger partial charge in [-0.2, -0.15) is 0 Å². The Kier molecular flexibility index (Phi) is 3.92. The van der Waals surface area contributed by atoms with Gasteiger partial charge in [-0.05, 0) is 18.6 Å². The maximum Gasteiger partial charge on any atom is 0.0736 e. The van der Waals surface area contributed by atoms with Gasteiger partial charge in [-0.15, -0.1) is 0 Å². The van der Waals surface area contributed by atoms with Gasteiger partial charge in [0.2, 0.25) is 0 Å². The summed E-state index contributed by atoms with van der Waals surface area (Å²) in [5.74, 6) is 0. The van der Waals surface area contributed by atoms with Crippen molar-refractivity contribution in [2.75, 3.05) is 26.6 Å². The van der Waals surface area contributed by atoms with Crippen LogP contribution in [0.4, 0.5) is 5.69 Å². The molecule has 0 unspecified atom stereocenters. The molecule has 0 radical (unpaired) electrons. The monoisotopic (exact) mass is 194 g/mol. The summed E-state index contributed by atoms with van der Waals surface area (Å²) in [5.41, 5.74) is 6.82. The van der Waals surface area contributed by atoms with Gasteiger partial charge in [0, 0.05) is 26.8 Å². The Bertz CT molecular complexity index is 297. The van der Waals surface area contributed by atoms with Crippen molar-refractivity contribution in [2.24, 2.45) is 0 Å². The zero-order valence-electron chi connectivity index (χ0n) is 9.29. The van der Waals surface area contributed by atoms with Crippen molar-refractivity contribution < 1.29 is 4.74 Å². The summed E-state index contributed by atoms with van der Waals surface area (Å²) >= 11 is 0. The third kappa shape index (κ3) is 2.72. The highest BCUT2D eigenvalue weighted by Gasteiger charge is 2.04. The normalized spacial score (nSPS) is 10.6. The number of benzene rings is 1. The standard InChI is InChI=1S/C11H18N2O/c1-9-6-5-7-11(12-13(2)3)10(9)8-14-4/h5-7,12H,8H2,1-4H3. The van der Waals surface area contributed by atoms with Crippen LogP contribution in [0, 0.1) is 6.92 Å². The zero-order valence-corrected chi connectivity index (χ0v) is 9.29. The lowest BCUT2D eigenvalue weighted by Gasteiger charge is -2.18. The summed E-state index contributed by atoms with van der Waals surface area (Å²) in [6, 6.07) is 6.19. The number of nitrogens with one attached hydrogen (secondary N) is 1. The second-order valence-electron chi connectivity index (χ2n) is 3.54. The van der Waals surface area contributed by atoms with Gasteiger partial charge >= 0.3 is 0 Å². The molecule has 14 heavy (non-hydrogen) atoms. The maximum atomic E-state index is 5.17. The molecule has 0 aromatic heterocycles. The highest BCUT2D eigenvalue weighted by molar-refractivity contribution is 5.53. The second kappa shape index (κ2) is 4.98. The van der Waals surface area contributed by atoms with Crippen molar-refractivity contribution in [3.8, 4) is 0 Å². The van der Waals surface area contributed by atoms with E-state index in [9.17, 15) is 0 Å². The number of aryl methyl sites for hydroxylation is 1. The number of nitrogens with zero attached hydrogens (tertiary/aromatic N) is 1. The average Bonchev–Trinajstić information content (AvgIpc) is 2.10. The largest absolute Gasteiger partial charge is 0.380 e. The summed E-state index contributed by atoms with van der Waals surface area (Å²) in [6.45, 7) is 2.73. The Labute approximate surface area is 85.6 Å². The Balaban J connectivity index is 2.95. The molecule has 0 aliphatic carbocycles. The highest BCUT2D eigenvalue weighted by Crippen LogP contribution is 2.20. The first-order valence-electron chi connectivity index (χ1n) is 4.66. The molecule has 78 valence electrons. The van der Waals surface area contributed by atoms with Crippen LogP contribution in [0.5, 0.6) is 0 Å². The number of hydrogen-bond acceptors (Lipinski definition) is 3. The zero-order chi connectivity index (χ0) is 10.6. The first-order valence-corrected chi connectivity index (χ1v) is 4.66. The predicted octanol–water partition coefficient (Wildman–Crippen LogP) is 2.03. The number of anilines is 1. The van der Waals surface area contributed by atoms with Crippen LogP contribution < -0.4 is 5.43 Å². The Morgan fingerprint density at radius 1 is 1.36 bits per heavy atom. The Morgan fingerprint density at radius 3 is 2.64 bits per heavy atom. The van der Waals surface area contributed by atoms with E-state index in [1.165, 1.54) is 11.1 Å². The minimum Gasteiger partial charge on any atom is -0.380 e. The molecule has 0 heterocycles. The lowest BCUT2D eigenvalue weighted by Crippen LogP contribution is -2.20. The molecular weight excluding hydrogens is 176 g/mol. The molecule has 0 saturated carbocycles. The van der Waals surface area contributed by atoms with E-state index in [-0.39, 0.29) is 0 Å². The molecule has 1 rings (SSSR count). The van der Waals surface area contributed by atoms with Crippen molar-refractivity contribution in [2.45, 2.75) is 13.5 Å². The van der Waals surface area contributed by atoms with Gasteiger partial charge in [0.1, 0.15) is 0 Å². The fourth-order valence-corrected chi connectivity index (χ4v) is 1.38. The van der Waals surface area contributed by atoms with E-state index >= 15 is 0 Å². The van der Waals surface area contributed by atoms with E-state index in [0.29, 0.717) is 6.61 Å². The molecule has 0 aliphatic rings. The fraction of sp³-hybridized carbons (Fsp3) is 0.455. The van der Waals surface area contributed by atoms with Crippen LogP contribution in [0.25, 0.3) is 0 Å². The fourth-order valence-electron chi connectivity index (χ4n) is 1.38. The van der Waals surface area contributed by atoms with E-state index in [2.05, 4.69) is 24.5 Å². The molecule has 0 amide bonds. The lowest BCUT2D eigenvalue weighted by atomic mass is 10.1. The number of hydrogen-bond donors (Lipinski definition) is 1. The van der Waals surface area contributed by atoms with E-state index in [1.807, 2.05) is 25.2 Å². The van der Waals surface area contributed by atoms with Crippen LogP contribution in [-0.2, 0) is 11.3 Å². The van der Waals surface area contributed by atoms with Crippen molar-refractivity contribution in [1.82, 2.24) is 5.01 Å². The minimum absolute atomic E-state index is 0.642. The van der Waals surface area contributed by atoms with Gasteiger partial charge in [0.05, 0.1) is 12.3 Å². The quantitative estimate of drug-likeness (QED) is 0.742. The molecule has 0 aliphatic heterocycles. The molecule has 1 aromatic rings. The van der Waals surface area contributed by atoms with E-state index in [1.54, 1.807) is 7.11 Å². The van der Waals surface area contributed by atoms with E-state index < -0.39 is 0 Å². The first kappa shape index (κ1) is 11.0. The topological polar surface area (TPSA) is 24.5 Å². The molecule has 0 fully saturated rings. The molecular formula is C11H18N2O. The molecule has 3 heteroatoms. The van der Waals surface area contributed by atoms with Gasteiger partial charge < -0.3 is 10.2 Å².